The maximum absolute atomic E-state index is 11.6. The molecule has 0 aromatic carbocycles. The first kappa shape index (κ1) is 35.8. The Balaban J connectivity index is -0.00000364. The zero-order valence-electron chi connectivity index (χ0n) is 20.6. The van der Waals surface area contributed by atoms with Crippen molar-refractivity contribution in [1.82, 2.24) is 0 Å². The zero-order valence-corrected chi connectivity index (χ0v) is 23.7. The molecule has 0 saturated heterocycles. The molecule has 4 nitrogen and oxygen atoms in total. The summed E-state index contributed by atoms with van der Waals surface area (Å²) in [4.78, 5) is 23.3. The van der Waals surface area contributed by atoms with Gasteiger partial charge in [-0.1, -0.05) is 123 Å². The topological polar surface area (TPSA) is 80.3 Å². The van der Waals surface area contributed by atoms with E-state index in [1.54, 1.807) is 0 Å². The number of carboxylic acids is 2. The molecule has 0 atom stereocenters. The molecule has 166 valence electrons. The van der Waals surface area contributed by atoms with Crippen LogP contribution in [0, 0.1) is 5.41 Å². The van der Waals surface area contributed by atoms with Crippen LogP contribution >= 0.6 is 0 Å². The van der Waals surface area contributed by atoms with Crippen LogP contribution in [0.25, 0.3) is 0 Å². The van der Waals surface area contributed by atoms with Crippen LogP contribution in [0.2, 0.25) is 0 Å². The molecule has 0 fully saturated rings. The van der Waals surface area contributed by atoms with E-state index in [2.05, 4.69) is 13.8 Å². The van der Waals surface area contributed by atoms with E-state index in [-0.39, 0.29) is 83.1 Å². The van der Waals surface area contributed by atoms with Gasteiger partial charge in [-0.25, -0.2) is 0 Å². The Morgan fingerprint density at radius 1 is 0.533 bits per heavy atom. The molecule has 0 heterocycles. The minimum absolute atomic E-state index is 0. The van der Waals surface area contributed by atoms with E-state index in [0.717, 1.165) is 38.5 Å². The smallest absolute Gasteiger partial charge is 0.549 e. The summed E-state index contributed by atoms with van der Waals surface area (Å²) in [5, 5.41) is 23.3. The summed E-state index contributed by atoms with van der Waals surface area (Å²) in [6.07, 6.45) is 18.9. The van der Waals surface area contributed by atoms with Gasteiger partial charge in [0.15, 0.2) is 0 Å². The van der Waals surface area contributed by atoms with Crippen molar-refractivity contribution in [3.63, 3.8) is 0 Å². The summed E-state index contributed by atoms with van der Waals surface area (Å²) < 4.78 is 0. The molecule has 6 heteroatoms. The fourth-order valence-corrected chi connectivity index (χ4v) is 3.91. The molecule has 0 radical (unpaired) electrons. The molecular formula is C24H44KLiO4. The minimum atomic E-state index is -1.80. The SMILES string of the molecule is CCCCCCCCCCCCC(CCCCCCCCC)(C(=O)[O-])C(=O)[O-].[K+].[Li+]. The Morgan fingerprint density at radius 3 is 1.00 bits per heavy atom. The number of carbonyl (C=O) groups excluding carboxylic acids is 2. The van der Waals surface area contributed by atoms with Crippen molar-refractivity contribution < 1.29 is 90.0 Å². The molecule has 0 aromatic rings. The Morgan fingerprint density at radius 2 is 0.767 bits per heavy atom. The summed E-state index contributed by atoms with van der Waals surface area (Å²) in [6.45, 7) is 4.38. The zero-order chi connectivity index (χ0) is 21.1. The van der Waals surface area contributed by atoms with E-state index in [1.807, 2.05) is 0 Å². The molecule has 0 aromatic heterocycles. The Bertz CT molecular complexity index is 391. The predicted molar refractivity (Wildman–Crippen MR) is 112 cm³/mol. The number of carboxylic acid groups (broad SMARTS) is 2. The van der Waals surface area contributed by atoms with E-state index >= 15 is 0 Å². The van der Waals surface area contributed by atoms with E-state index in [9.17, 15) is 19.8 Å². The molecule has 0 rings (SSSR count). The van der Waals surface area contributed by atoms with Gasteiger partial charge >= 0.3 is 70.2 Å². The molecule has 0 aliphatic heterocycles. The number of carbonyl (C=O) groups is 2. The number of hydrogen-bond acceptors (Lipinski definition) is 4. The maximum Gasteiger partial charge on any atom is 1.00 e. The Kier molecular flexibility index (Phi) is 29.6. The number of unbranched alkanes of at least 4 members (excludes halogenated alkanes) is 15. The molecule has 0 unspecified atom stereocenters. The van der Waals surface area contributed by atoms with Crippen LogP contribution in [0.4, 0.5) is 0 Å². The van der Waals surface area contributed by atoms with Gasteiger partial charge in [-0.2, -0.15) is 0 Å². The second-order valence-electron chi connectivity index (χ2n) is 8.46. The van der Waals surface area contributed by atoms with Gasteiger partial charge < -0.3 is 19.8 Å². The van der Waals surface area contributed by atoms with Crippen molar-refractivity contribution in [3.8, 4) is 0 Å². The van der Waals surface area contributed by atoms with Gasteiger partial charge in [0.05, 0.1) is 11.9 Å². The van der Waals surface area contributed by atoms with Gasteiger partial charge in [-0.05, 0) is 12.8 Å². The molecule has 30 heavy (non-hydrogen) atoms. The fourth-order valence-electron chi connectivity index (χ4n) is 3.91. The van der Waals surface area contributed by atoms with Gasteiger partial charge in [0, 0.05) is 5.41 Å². The summed E-state index contributed by atoms with van der Waals surface area (Å²) in [6, 6.07) is 0. The van der Waals surface area contributed by atoms with Gasteiger partial charge in [-0.3, -0.25) is 0 Å². The summed E-state index contributed by atoms with van der Waals surface area (Å²) in [7, 11) is 0. The van der Waals surface area contributed by atoms with Crippen LogP contribution in [-0.2, 0) is 9.59 Å². The first-order valence-corrected chi connectivity index (χ1v) is 11.9. The van der Waals surface area contributed by atoms with Gasteiger partial charge in [-0.15, -0.1) is 0 Å². The van der Waals surface area contributed by atoms with Crippen molar-refractivity contribution >= 4 is 11.9 Å². The quantitative estimate of drug-likeness (QED) is 0.129. The molecule has 0 N–H and O–H groups in total. The monoisotopic (exact) mass is 442 g/mol. The van der Waals surface area contributed by atoms with Crippen molar-refractivity contribution in [1.29, 1.82) is 0 Å². The van der Waals surface area contributed by atoms with Gasteiger partial charge in [0.2, 0.25) is 0 Å². The Hall–Kier alpha value is 1.17. The largest absolute Gasteiger partial charge is 1.00 e. The van der Waals surface area contributed by atoms with Crippen molar-refractivity contribution in [2.45, 2.75) is 136 Å². The van der Waals surface area contributed by atoms with E-state index < -0.39 is 17.4 Å². The third-order valence-corrected chi connectivity index (χ3v) is 5.95. The number of aliphatic carboxylic acids is 2. The number of rotatable bonds is 21. The van der Waals surface area contributed by atoms with Crippen molar-refractivity contribution in [3.05, 3.63) is 0 Å². The molecular weight excluding hydrogens is 398 g/mol. The van der Waals surface area contributed by atoms with E-state index in [0.29, 0.717) is 12.8 Å². The summed E-state index contributed by atoms with van der Waals surface area (Å²) in [5.74, 6) is -2.93. The summed E-state index contributed by atoms with van der Waals surface area (Å²) in [5.41, 5.74) is -1.80. The first-order valence-electron chi connectivity index (χ1n) is 11.9. The molecule has 0 aliphatic rings. The maximum atomic E-state index is 11.6. The van der Waals surface area contributed by atoms with Crippen LogP contribution in [-0.4, -0.2) is 11.9 Å². The molecule has 0 bridgehead atoms. The molecule has 0 saturated carbocycles. The average molecular weight is 443 g/mol. The second kappa shape index (κ2) is 24.8. The van der Waals surface area contributed by atoms with Crippen LogP contribution in [0.1, 0.15) is 136 Å². The van der Waals surface area contributed by atoms with Gasteiger partial charge in [0.25, 0.3) is 0 Å². The third-order valence-electron chi connectivity index (χ3n) is 5.95. The first-order chi connectivity index (χ1) is 13.5. The van der Waals surface area contributed by atoms with Crippen LogP contribution in [0.15, 0.2) is 0 Å². The van der Waals surface area contributed by atoms with Gasteiger partial charge in [0.1, 0.15) is 0 Å². The van der Waals surface area contributed by atoms with E-state index in [1.165, 1.54) is 57.8 Å². The normalized spacial score (nSPS) is 10.9. The third kappa shape index (κ3) is 17.7. The second-order valence-corrected chi connectivity index (χ2v) is 8.46. The molecule has 0 amide bonds. The molecule has 0 spiro atoms. The summed E-state index contributed by atoms with van der Waals surface area (Å²) >= 11 is 0. The average Bonchev–Trinajstić information content (AvgIpc) is 2.66. The molecule has 0 aliphatic carbocycles. The minimum Gasteiger partial charge on any atom is -0.549 e. The van der Waals surface area contributed by atoms with Crippen LogP contribution < -0.4 is 80.5 Å². The number of hydrogen-bond donors (Lipinski definition) is 0. The Labute approximate surface area is 240 Å². The standard InChI is InChI=1S/C24H46O4.K.Li/c1-3-5-7-9-11-12-13-15-17-19-21-24(22(25)26,23(27)28)20-18-16-14-10-8-6-4-2;;/h3-21H2,1-2H3,(H,25,26)(H,27,28);;/q;2*+1/p-2. The van der Waals surface area contributed by atoms with Crippen LogP contribution in [0.5, 0.6) is 0 Å². The predicted octanol–water partition coefficient (Wildman–Crippen LogP) is -1.07. The van der Waals surface area contributed by atoms with Crippen molar-refractivity contribution in [2.75, 3.05) is 0 Å². The van der Waals surface area contributed by atoms with Crippen LogP contribution in [0.3, 0.4) is 0 Å². The van der Waals surface area contributed by atoms with E-state index in [4.69, 9.17) is 0 Å². The van der Waals surface area contributed by atoms with Crippen molar-refractivity contribution in [2.24, 2.45) is 5.41 Å². The fraction of sp³-hybridized carbons (Fsp3) is 0.917.